The minimum atomic E-state index is -0.878. The number of amides is 3. The first kappa shape index (κ1) is 25.7. The van der Waals surface area contributed by atoms with Crippen molar-refractivity contribution in [3.8, 4) is 0 Å². The second-order valence-corrected chi connectivity index (χ2v) is 10.6. The summed E-state index contributed by atoms with van der Waals surface area (Å²) in [6, 6.07) is 9.88. The number of imide groups is 1. The number of piperidine rings is 1. The number of anilines is 1. The number of hydrogen-bond donors (Lipinski definition) is 2. The maximum absolute atomic E-state index is 15.0. The molecular weight excluding hydrogens is 501 g/mol. The second-order valence-electron chi connectivity index (χ2n) is 10.6. The van der Waals surface area contributed by atoms with E-state index in [2.05, 4.69) is 27.0 Å². The van der Waals surface area contributed by atoms with Crippen molar-refractivity contribution in [1.82, 2.24) is 20.0 Å². The Morgan fingerprint density at radius 2 is 1.87 bits per heavy atom. The third kappa shape index (κ3) is 4.95. The van der Waals surface area contributed by atoms with Gasteiger partial charge in [0.1, 0.15) is 11.9 Å². The Labute approximate surface area is 226 Å². The van der Waals surface area contributed by atoms with Gasteiger partial charge in [0, 0.05) is 62.3 Å². The molecule has 9 nitrogen and oxygen atoms in total. The van der Waals surface area contributed by atoms with Gasteiger partial charge in [-0.3, -0.25) is 29.1 Å². The van der Waals surface area contributed by atoms with Crippen LogP contribution in [0, 0.1) is 5.82 Å². The highest BCUT2D eigenvalue weighted by Gasteiger charge is 2.45. The molecule has 0 aromatic heterocycles. The maximum atomic E-state index is 15.0. The number of nitrogens with one attached hydrogen (secondary N) is 2. The van der Waals surface area contributed by atoms with Gasteiger partial charge in [0.2, 0.25) is 5.91 Å². The topological polar surface area (TPSA) is 94.2 Å². The van der Waals surface area contributed by atoms with Crippen molar-refractivity contribution < 1.29 is 23.5 Å². The third-order valence-corrected chi connectivity index (χ3v) is 8.07. The zero-order chi connectivity index (χ0) is 27.1. The molecule has 0 spiro atoms. The van der Waals surface area contributed by atoms with Gasteiger partial charge in [-0.1, -0.05) is 24.8 Å². The molecule has 3 amide bonds. The molecule has 6 rings (SSSR count). The van der Waals surface area contributed by atoms with E-state index < -0.39 is 23.8 Å². The molecule has 1 atom stereocenters. The van der Waals surface area contributed by atoms with E-state index >= 15 is 4.39 Å². The second kappa shape index (κ2) is 10.5. The maximum Gasteiger partial charge on any atom is 0.264 e. The van der Waals surface area contributed by atoms with E-state index in [0.717, 1.165) is 49.9 Å². The molecule has 3 saturated heterocycles. The van der Waals surface area contributed by atoms with Crippen LogP contribution in [0.2, 0.25) is 0 Å². The van der Waals surface area contributed by atoms with Crippen LogP contribution in [0.15, 0.2) is 48.7 Å². The van der Waals surface area contributed by atoms with Crippen molar-refractivity contribution >= 4 is 23.4 Å². The molecule has 0 unspecified atom stereocenters. The summed E-state index contributed by atoms with van der Waals surface area (Å²) < 4.78 is 20.5. The molecule has 2 aromatic rings. The lowest BCUT2D eigenvalue weighted by Crippen LogP contribution is -2.60. The molecule has 0 bridgehead atoms. The van der Waals surface area contributed by atoms with Crippen molar-refractivity contribution in [2.45, 2.75) is 38.0 Å². The fraction of sp³-hybridized carbons (Fsp3) is 0.414. The van der Waals surface area contributed by atoms with E-state index in [4.69, 9.17) is 4.74 Å². The van der Waals surface area contributed by atoms with Crippen LogP contribution < -0.4 is 10.6 Å². The van der Waals surface area contributed by atoms with Gasteiger partial charge in [-0.25, -0.2) is 4.39 Å². The average Bonchev–Trinajstić information content (AvgIpc) is 3.16. The van der Waals surface area contributed by atoms with Crippen molar-refractivity contribution in [3.05, 3.63) is 76.7 Å². The van der Waals surface area contributed by atoms with Gasteiger partial charge in [0.05, 0.1) is 24.3 Å². The number of morpholine rings is 1. The van der Waals surface area contributed by atoms with E-state index in [1.165, 1.54) is 0 Å². The summed E-state index contributed by atoms with van der Waals surface area (Å²) >= 11 is 0. The number of allylic oxidation sites excluding steroid dienone is 1. The van der Waals surface area contributed by atoms with Gasteiger partial charge in [-0.05, 0) is 36.6 Å². The zero-order valence-electron chi connectivity index (χ0n) is 21.7. The quantitative estimate of drug-likeness (QED) is 0.528. The van der Waals surface area contributed by atoms with Crippen LogP contribution in [0.4, 0.5) is 10.1 Å². The van der Waals surface area contributed by atoms with Gasteiger partial charge < -0.3 is 15.4 Å². The van der Waals surface area contributed by atoms with Crippen molar-refractivity contribution in [2.75, 3.05) is 44.7 Å². The fourth-order valence-electron chi connectivity index (χ4n) is 5.87. The molecule has 204 valence electrons. The molecule has 3 fully saturated rings. The van der Waals surface area contributed by atoms with Crippen LogP contribution in [0.25, 0.3) is 0 Å². The number of halogens is 1. The highest BCUT2D eigenvalue weighted by atomic mass is 19.1. The summed E-state index contributed by atoms with van der Waals surface area (Å²) in [6.07, 6.45) is 0.832. The first-order valence-electron chi connectivity index (χ1n) is 13.4. The Morgan fingerprint density at radius 3 is 2.62 bits per heavy atom. The van der Waals surface area contributed by atoms with Crippen molar-refractivity contribution in [1.29, 1.82) is 0 Å². The third-order valence-electron chi connectivity index (χ3n) is 8.07. The SMILES string of the molecule is C=C1CC[C@@H](N2C(=O)c3cccc(NCc4ccc(CN5CC(N6CCOCC6)C5)cc4F)c3C2=O)C(=O)N1. The molecule has 4 heterocycles. The summed E-state index contributed by atoms with van der Waals surface area (Å²) in [5.41, 5.74) is 2.84. The predicted octanol–water partition coefficient (Wildman–Crippen LogP) is 2.34. The van der Waals surface area contributed by atoms with Crippen LogP contribution >= 0.6 is 0 Å². The van der Waals surface area contributed by atoms with Crippen LogP contribution in [-0.2, 0) is 22.6 Å². The molecular formula is C29H32FN5O4. The number of benzene rings is 2. The Kier molecular flexibility index (Phi) is 6.92. The van der Waals surface area contributed by atoms with Gasteiger partial charge in [-0.2, -0.15) is 0 Å². The number of fused-ring (bicyclic) bond motifs is 1. The Hall–Kier alpha value is -3.60. The summed E-state index contributed by atoms with van der Waals surface area (Å²) in [5.74, 6) is -1.75. The highest BCUT2D eigenvalue weighted by molar-refractivity contribution is 6.25. The van der Waals surface area contributed by atoms with Gasteiger partial charge in [0.25, 0.3) is 11.8 Å². The fourth-order valence-corrected chi connectivity index (χ4v) is 5.87. The molecule has 4 aliphatic heterocycles. The molecule has 2 N–H and O–H groups in total. The van der Waals surface area contributed by atoms with E-state index in [1.807, 2.05) is 6.07 Å². The zero-order valence-corrected chi connectivity index (χ0v) is 21.7. The lowest BCUT2D eigenvalue weighted by Gasteiger charge is -2.46. The highest BCUT2D eigenvalue weighted by Crippen LogP contribution is 2.33. The van der Waals surface area contributed by atoms with Crippen LogP contribution in [0.1, 0.15) is 44.7 Å². The Morgan fingerprint density at radius 1 is 1.08 bits per heavy atom. The number of carbonyl (C=O) groups excluding carboxylic acids is 3. The van der Waals surface area contributed by atoms with Crippen molar-refractivity contribution in [3.63, 3.8) is 0 Å². The van der Waals surface area contributed by atoms with Crippen molar-refractivity contribution in [2.24, 2.45) is 0 Å². The predicted molar refractivity (Wildman–Crippen MR) is 142 cm³/mol. The number of ether oxygens (including phenoxy) is 1. The Bertz CT molecular complexity index is 1330. The number of hydrogen-bond acceptors (Lipinski definition) is 7. The number of carbonyl (C=O) groups is 3. The molecule has 0 radical (unpaired) electrons. The average molecular weight is 534 g/mol. The van der Waals surface area contributed by atoms with E-state index in [9.17, 15) is 14.4 Å². The van der Waals surface area contributed by atoms with Crippen LogP contribution in [-0.4, -0.2) is 83.9 Å². The lowest BCUT2D eigenvalue weighted by atomic mass is 10.0. The van der Waals surface area contributed by atoms with Crippen LogP contribution in [0.3, 0.4) is 0 Å². The minimum Gasteiger partial charge on any atom is -0.380 e. The summed E-state index contributed by atoms with van der Waals surface area (Å²) in [6.45, 7) is 10.1. The molecule has 0 saturated carbocycles. The van der Waals surface area contributed by atoms with Gasteiger partial charge >= 0.3 is 0 Å². The normalized spacial score (nSPS) is 22.6. The van der Waals surface area contributed by atoms with E-state index in [-0.39, 0.29) is 23.5 Å². The largest absolute Gasteiger partial charge is 0.380 e. The monoisotopic (exact) mass is 533 g/mol. The Balaban J connectivity index is 1.09. The summed E-state index contributed by atoms with van der Waals surface area (Å²) in [7, 11) is 0. The van der Waals surface area contributed by atoms with Gasteiger partial charge in [0.15, 0.2) is 0 Å². The molecule has 0 aliphatic carbocycles. The number of nitrogens with zero attached hydrogens (tertiary/aromatic N) is 3. The number of likely N-dealkylation sites (tertiary alicyclic amines) is 1. The van der Waals surface area contributed by atoms with E-state index in [1.54, 1.807) is 30.3 Å². The first-order valence-corrected chi connectivity index (χ1v) is 13.4. The molecule has 4 aliphatic rings. The summed E-state index contributed by atoms with van der Waals surface area (Å²) in [4.78, 5) is 44.7. The smallest absolute Gasteiger partial charge is 0.264 e. The molecule has 39 heavy (non-hydrogen) atoms. The summed E-state index contributed by atoms with van der Waals surface area (Å²) in [5, 5.41) is 5.77. The van der Waals surface area contributed by atoms with Crippen LogP contribution in [0.5, 0.6) is 0 Å². The lowest BCUT2D eigenvalue weighted by molar-refractivity contribution is -0.125. The molecule has 2 aromatic carbocycles. The number of rotatable bonds is 7. The van der Waals surface area contributed by atoms with E-state index in [0.29, 0.717) is 42.4 Å². The minimum absolute atomic E-state index is 0.149. The van der Waals surface area contributed by atoms with Gasteiger partial charge in [-0.15, -0.1) is 0 Å². The standard InChI is InChI=1S/C29H32FN5O4/c1-18-5-8-25(27(36)32-18)35-28(37)22-3-2-4-24(26(22)29(35)38)31-14-20-7-6-19(13-23(20)30)15-33-16-21(17-33)34-9-11-39-12-10-34/h2-4,6-7,13,21,25,31H,1,5,8-12,14-17H2,(H,32,36)/t25-/m1/s1. The first-order chi connectivity index (χ1) is 18.9. The molecule has 10 heteroatoms.